The van der Waals surface area contributed by atoms with Crippen molar-refractivity contribution in [3.63, 3.8) is 0 Å². The second-order valence-electron chi connectivity index (χ2n) is 2.87. The van der Waals surface area contributed by atoms with Crippen molar-refractivity contribution in [2.24, 2.45) is 5.11 Å². The van der Waals surface area contributed by atoms with E-state index in [0.29, 0.717) is 6.54 Å². The van der Waals surface area contributed by atoms with Gasteiger partial charge in [0.2, 0.25) is 0 Å². The normalized spacial score (nSPS) is 9.71. The Morgan fingerprint density at radius 3 is 3.00 bits per heavy atom. The first-order chi connectivity index (χ1) is 6.92. The molecule has 0 N–H and O–H groups in total. The molecule has 0 spiro atoms. The number of azide groups is 1. The SMILES string of the molecule is [N-]=[N+]=NCc1nccc2ccccc12. The lowest BCUT2D eigenvalue weighted by molar-refractivity contribution is 0.993. The molecule has 4 nitrogen and oxygen atoms in total. The molecule has 1 aromatic carbocycles. The molecule has 0 aliphatic rings. The Balaban J connectivity index is 2.58. The third-order valence-corrected chi connectivity index (χ3v) is 2.04. The fourth-order valence-electron chi connectivity index (χ4n) is 1.41. The molecule has 0 radical (unpaired) electrons. The van der Waals surface area contributed by atoms with Crippen molar-refractivity contribution >= 4 is 10.8 Å². The first-order valence-corrected chi connectivity index (χ1v) is 4.25. The molecule has 0 aliphatic heterocycles. The molecule has 2 rings (SSSR count). The van der Waals surface area contributed by atoms with Gasteiger partial charge in [-0.1, -0.05) is 29.4 Å². The molecule has 14 heavy (non-hydrogen) atoms. The third kappa shape index (κ3) is 1.51. The first kappa shape index (κ1) is 8.53. The predicted octanol–water partition coefficient (Wildman–Crippen LogP) is 3.05. The molecule has 0 saturated heterocycles. The van der Waals surface area contributed by atoms with E-state index in [1.807, 2.05) is 30.3 Å². The molecule has 0 aliphatic carbocycles. The van der Waals surface area contributed by atoms with Crippen molar-refractivity contribution in [1.82, 2.24) is 4.98 Å². The summed E-state index contributed by atoms with van der Waals surface area (Å²) in [7, 11) is 0. The highest BCUT2D eigenvalue weighted by atomic mass is 15.1. The number of hydrogen-bond donors (Lipinski definition) is 0. The molecule has 0 unspecified atom stereocenters. The van der Waals surface area contributed by atoms with Crippen molar-refractivity contribution in [3.05, 3.63) is 52.7 Å². The van der Waals surface area contributed by atoms with E-state index in [1.165, 1.54) is 0 Å². The third-order valence-electron chi connectivity index (χ3n) is 2.04. The molecule has 2 aromatic rings. The zero-order chi connectivity index (χ0) is 9.80. The van der Waals surface area contributed by atoms with Crippen LogP contribution in [0.1, 0.15) is 5.69 Å². The average Bonchev–Trinajstić information content (AvgIpc) is 2.26. The number of aromatic nitrogens is 1. The Hall–Kier alpha value is -2.06. The summed E-state index contributed by atoms with van der Waals surface area (Å²) in [6, 6.07) is 9.85. The maximum Gasteiger partial charge on any atom is 0.0690 e. The van der Waals surface area contributed by atoms with Crippen LogP contribution in [0.4, 0.5) is 0 Å². The highest BCUT2D eigenvalue weighted by molar-refractivity contribution is 5.84. The monoisotopic (exact) mass is 184 g/mol. The summed E-state index contributed by atoms with van der Waals surface area (Å²) in [6.45, 7) is 0.303. The summed E-state index contributed by atoms with van der Waals surface area (Å²) >= 11 is 0. The summed E-state index contributed by atoms with van der Waals surface area (Å²) in [5.41, 5.74) is 9.05. The van der Waals surface area contributed by atoms with E-state index < -0.39 is 0 Å². The topological polar surface area (TPSA) is 61.7 Å². The van der Waals surface area contributed by atoms with Crippen LogP contribution >= 0.6 is 0 Å². The van der Waals surface area contributed by atoms with Crippen molar-refractivity contribution in [2.75, 3.05) is 0 Å². The van der Waals surface area contributed by atoms with Gasteiger partial charge in [0.1, 0.15) is 0 Å². The Morgan fingerprint density at radius 2 is 2.14 bits per heavy atom. The van der Waals surface area contributed by atoms with E-state index in [2.05, 4.69) is 15.0 Å². The van der Waals surface area contributed by atoms with Crippen molar-refractivity contribution in [3.8, 4) is 0 Å². The molecular formula is C10H8N4. The van der Waals surface area contributed by atoms with Gasteiger partial charge in [-0.3, -0.25) is 4.98 Å². The van der Waals surface area contributed by atoms with Crippen LogP contribution in [0.3, 0.4) is 0 Å². The van der Waals surface area contributed by atoms with Crippen LogP contribution in [0, 0.1) is 0 Å². The smallest absolute Gasteiger partial charge is 0.0690 e. The molecule has 68 valence electrons. The highest BCUT2D eigenvalue weighted by Crippen LogP contribution is 2.16. The number of benzene rings is 1. The van der Waals surface area contributed by atoms with Gasteiger partial charge in [-0.2, -0.15) is 0 Å². The molecule has 1 heterocycles. The Bertz CT molecular complexity index is 495. The summed E-state index contributed by atoms with van der Waals surface area (Å²) in [4.78, 5) is 6.90. The van der Waals surface area contributed by atoms with Gasteiger partial charge in [-0.05, 0) is 17.0 Å². The second-order valence-corrected chi connectivity index (χ2v) is 2.87. The van der Waals surface area contributed by atoms with E-state index in [9.17, 15) is 0 Å². The zero-order valence-corrected chi connectivity index (χ0v) is 7.46. The van der Waals surface area contributed by atoms with E-state index in [1.54, 1.807) is 6.20 Å². The Kier molecular flexibility index (Phi) is 2.30. The summed E-state index contributed by atoms with van der Waals surface area (Å²) < 4.78 is 0. The van der Waals surface area contributed by atoms with Crippen LogP contribution in [-0.4, -0.2) is 4.98 Å². The van der Waals surface area contributed by atoms with Gasteiger partial charge in [-0.15, -0.1) is 0 Å². The number of fused-ring (bicyclic) bond motifs is 1. The van der Waals surface area contributed by atoms with Gasteiger partial charge in [0.25, 0.3) is 0 Å². The highest BCUT2D eigenvalue weighted by Gasteiger charge is 1.98. The summed E-state index contributed by atoms with van der Waals surface area (Å²) in [5.74, 6) is 0. The van der Waals surface area contributed by atoms with Gasteiger partial charge in [-0.25, -0.2) is 0 Å². The van der Waals surface area contributed by atoms with Gasteiger partial charge in [0.15, 0.2) is 0 Å². The lowest BCUT2D eigenvalue weighted by atomic mass is 10.1. The maximum atomic E-state index is 8.23. The number of pyridine rings is 1. The lowest BCUT2D eigenvalue weighted by Gasteiger charge is -2.01. The van der Waals surface area contributed by atoms with Gasteiger partial charge < -0.3 is 0 Å². The first-order valence-electron chi connectivity index (χ1n) is 4.25. The fourth-order valence-corrected chi connectivity index (χ4v) is 1.41. The van der Waals surface area contributed by atoms with Gasteiger partial charge in [0.05, 0.1) is 12.2 Å². The molecule has 1 aromatic heterocycles. The standard InChI is InChI=1S/C10H8N4/c11-14-13-7-10-9-4-2-1-3-8(9)5-6-12-10/h1-6H,7H2. The molecule has 0 saturated carbocycles. The molecule has 0 amide bonds. The molecule has 0 bridgehead atoms. The predicted molar refractivity (Wildman–Crippen MR) is 54.6 cm³/mol. The van der Waals surface area contributed by atoms with Crippen LogP contribution in [-0.2, 0) is 6.54 Å². The van der Waals surface area contributed by atoms with Gasteiger partial charge >= 0.3 is 0 Å². The van der Waals surface area contributed by atoms with E-state index in [0.717, 1.165) is 16.5 Å². The number of hydrogen-bond acceptors (Lipinski definition) is 2. The minimum atomic E-state index is 0.303. The van der Waals surface area contributed by atoms with Crippen LogP contribution < -0.4 is 0 Å². The Labute approximate surface area is 80.8 Å². The average molecular weight is 184 g/mol. The second kappa shape index (κ2) is 3.77. The van der Waals surface area contributed by atoms with Crippen LogP contribution in [0.15, 0.2) is 41.6 Å². The lowest BCUT2D eigenvalue weighted by Crippen LogP contribution is -1.88. The zero-order valence-electron chi connectivity index (χ0n) is 7.46. The fraction of sp³-hybridized carbons (Fsp3) is 0.100. The van der Waals surface area contributed by atoms with Crippen molar-refractivity contribution < 1.29 is 0 Å². The minimum absolute atomic E-state index is 0.303. The molecular weight excluding hydrogens is 176 g/mol. The minimum Gasteiger partial charge on any atom is -0.261 e. The molecule has 0 atom stereocenters. The Morgan fingerprint density at radius 1 is 1.29 bits per heavy atom. The van der Waals surface area contributed by atoms with Crippen LogP contribution in [0.2, 0.25) is 0 Å². The summed E-state index contributed by atoms with van der Waals surface area (Å²) in [6.07, 6.45) is 1.73. The molecule has 0 fully saturated rings. The van der Waals surface area contributed by atoms with Gasteiger partial charge in [0, 0.05) is 16.5 Å². The van der Waals surface area contributed by atoms with Crippen molar-refractivity contribution in [1.29, 1.82) is 0 Å². The largest absolute Gasteiger partial charge is 0.261 e. The van der Waals surface area contributed by atoms with E-state index in [4.69, 9.17) is 5.53 Å². The van der Waals surface area contributed by atoms with E-state index >= 15 is 0 Å². The molecule has 4 heteroatoms. The van der Waals surface area contributed by atoms with Crippen LogP contribution in [0.5, 0.6) is 0 Å². The maximum absolute atomic E-state index is 8.23. The number of nitrogens with zero attached hydrogens (tertiary/aromatic N) is 4. The quantitative estimate of drug-likeness (QED) is 0.402. The number of rotatable bonds is 2. The van der Waals surface area contributed by atoms with Crippen LogP contribution in [0.25, 0.3) is 21.2 Å². The van der Waals surface area contributed by atoms with Crippen molar-refractivity contribution in [2.45, 2.75) is 6.54 Å². The summed E-state index contributed by atoms with van der Waals surface area (Å²) in [5, 5.41) is 5.67. The van der Waals surface area contributed by atoms with E-state index in [-0.39, 0.29) is 0 Å².